The molecule has 5 nitrogen and oxygen atoms in total. The van der Waals surface area contributed by atoms with Gasteiger partial charge in [0.15, 0.2) is 6.10 Å². The number of rotatable bonds is 5. The Kier molecular flexibility index (Phi) is 6.56. The highest BCUT2D eigenvalue weighted by molar-refractivity contribution is 6.30. The number of hydrogen-bond donors (Lipinski definition) is 1. The maximum Gasteiger partial charge on any atom is 0.406 e. The molecule has 1 unspecified atom stereocenters. The molecule has 0 aliphatic rings. The number of alkyl halides is 3. The number of carboxylic acid groups (broad SMARTS) is 1. The average Bonchev–Trinajstić information content (AvgIpc) is 2.88. The molecular formula is C24H26ClF3N2O3. The Morgan fingerprint density at radius 1 is 1.15 bits per heavy atom. The van der Waals surface area contributed by atoms with Crippen LogP contribution in [0.3, 0.4) is 0 Å². The van der Waals surface area contributed by atoms with Crippen molar-refractivity contribution in [1.29, 1.82) is 0 Å². The van der Waals surface area contributed by atoms with Crippen LogP contribution in [0.5, 0.6) is 0 Å². The van der Waals surface area contributed by atoms with E-state index in [0.29, 0.717) is 38.4 Å². The number of pyridine rings is 1. The van der Waals surface area contributed by atoms with Gasteiger partial charge in [-0.1, -0.05) is 23.7 Å². The maximum absolute atomic E-state index is 13.4. The summed E-state index contributed by atoms with van der Waals surface area (Å²) in [5, 5.41) is 11.0. The molecule has 0 aliphatic heterocycles. The lowest BCUT2D eigenvalue weighted by Crippen LogP contribution is -2.28. The van der Waals surface area contributed by atoms with Gasteiger partial charge in [-0.15, -0.1) is 0 Å². The molecule has 2 aromatic heterocycles. The summed E-state index contributed by atoms with van der Waals surface area (Å²) in [7, 11) is 0. The second kappa shape index (κ2) is 8.65. The molecule has 0 radical (unpaired) electrons. The van der Waals surface area contributed by atoms with Crippen molar-refractivity contribution < 1.29 is 27.8 Å². The lowest BCUT2D eigenvalue weighted by molar-refractivity contribution is -0.160. The normalized spacial score (nSPS) is 13.5. The van der Waals surface area contributed by atoms with Crippen LogP contribution in [0.4, 0.5) is 13.2 Å². The molecule has 9 heteroatoms. The van der Waals surface area contributed by atoms with Gasteiger partial charge in [-0.05, 0) is 64.8 Å². The number of carbonyl (C=O) groups is 1. The molecule has 3 aromatic rings. The summed E-state index contributed by atoms with van der Waals surface area (Å²) in [6.07, 6.45) is -5.82. The van der Waals surface area contributed by atoms with E-state index in [1.807, 2.05) is 0 Å². The first kappa shape index (κ1) is 25.1. The number of ether oxygens (including phenoxy) is 1. The van der Waals surface area contributed by atoms with E-state index in [2.05, 4.69) is 4.98 Å². The summed E-state index contributed by atoms with van der Waals surface area (Å²) in [5.74, 6) is -1.21. The van der Waals surface area contributed by atoms with Crippen molar-refractivity contribution in [3.8, 4) is 11.1 Å². The van der Waals surface area contributed by atoms with Crippen molar-refractivity contribution in [3.05, 3.63) is 51.8 Å². The van der Waals surface area contributed by atoms with Gasteiger partial charge in [0.25, 0.3) is 0 Å². The van der Waals surface area contributed by atoms with Crippen molar-refractivity contribution in [2.45, 2.75) is 66.0 Å². The predicted molar refractivity (Wildman–Crippen MR) is 122 cm³/mol. The quantitative estimate of drug-likeness (QED) is 0.435. The van der Waals surface area contributed by atoms with Crippen LogP contribution in [-0.4, -0.2) is 32.4 Å². The SMILES string of the molecule is Cc1nc2c(c(C)c(C)n2CC(F)(F)F)c(-c2ccc(Cl)cc2)c1C(OC(C)(C)C)C(=O)O. The molecule has 0 fully saturated rings. The maximum atomic E-state index is 13.4. The Bertz CT molecular complexity index is 1210. The third kappa shape index (κ3) is 5.17. The number of halogens is 4. The molecule has 0 saturated carbocycles. The molecular weight excluding hydrogens is 457 g/mol. The molecule has 1 aromatic carbocycles. The Hall–Kier alpha value is -2.58. The largest absolute Gasteiger partial charge is 0.479 e. The van der Waals surface area contributed by atoms with Gasteiger partial charge in [-0.25, -0.2) is 9.78 Å². The lowest BCUT2D eigenvalue weighted by atomic mass is 9.91. The summed E-state index contributed by atoms with van der Waals surface area (Å²) in [5.41, 5.74) is 2.03. The van der Waals surface area contributed by atoms with Gasteiger partial charge in [0.1, 0.15) is 12.2 Å². The van der Waals surface area contributed by atoms with Crippen molar-refractivity contribution in [2.24, 2.45) is 0 Å². The molecule has 0 saturated heterocycles. The van der Waals surface area contributed by atoms with Crippen molar-refractivity contribution in [3.63, 3.8) is 0 Å². The third-order valence-electron chi connectivity index (χ3n) is 5.41. The highest BCUT2D eigenvalue weighted by Crippen LogP contribution is 2.42. The van der Waals surface area contributed by atoms with Gasteiger partial charge in [0.2, 0.25) is 0 Å². The number of carboxylic acids is 1. The van der Waals surface area contributed by atoms with Crippen LogP contribution >= 0.6 is 11.6 Å². The molecule has 0 amide bonds. The van der Waals surface area contributed by atoms with Crippen LogP contribution in [0, 0.1) is 20.8 Å². The number of aryl methyl sites for hydroxylation is 2. The minimum atomic E-state index is -4.45. The van der Waals surface area contributed by atoms with Crippen LogP contribution < -0.4 is 0 Å². The van der Waals surface area contributed by atoms with Crippen LogP contribution in [0.15, 0.2) is 24.3 Å². The van der Waals surface area contributed by atoms with E-state index in [1.54, 1.807) is 65.8 Å². The molecule has 33 heavy (non-hydrogen) atoms. The molecule has 178 valence electrons. The van der Waals surface area contributed by atoms with Gasteiger partial charge in [0, 0.05) is 32.9 Å². The fourth-order valence-corrected chi connectivity index (χ4v) is 4.12. The first-order valence-corrected chi connectivity index (χ1v) is 10.7. The number of benzene rings is 1. The first-order valence-electron chi connectivity index (χ1n) is 10.3. The highest BCUT2D eigenvalue weighted by atomic mass is 35.5. The molecule has 3 rings (SSSR count). The smallest absolute Gasteiger partial charge is 0.406 e. The Morgan fingerprint density at radius 2 is 1.73 bits per heavy atom. The van der Waals surface area contributed by atoms with Crippen LogP contribution in [0.1, 0.15) is 49.4 Å². The van der Waals surface area contributed by atoms with E-state index in [9.17, 15) is 23.1 Å². The molecule has 1 N–H and O–H groups in total. The van der Waals surface area contributed by atoms with Crippen LogP contribution in [0.2, 0.25) is 5.02 Å². The summed E-state index contributed by atoms with van der Waals surface area (Å²) in [4.78, 5) is 16.8. The van der Waals surface area contributed by atoms with E-state index >= 15 is 0 Å². The highest BCUT2D eigenvalue weighted by Gasteiger charge is 2.35. The summed E-state index contributed by atoms with van der Waals surface area (Å²) in [6, 6.07) is 6.73. The van der Waals surface area contributed by atoms with E-state index in [0.717, 1.165) is 4.57 Å². The number of nitrogens with zero attached hydrogens (tertiary/aromatic N) is 2. The summed E-state index contributed by atoms with van der Waals surface area (Å²) < 4.78 is 47.1. The van der Waals surface area contributed by atoms with Gasteiger partial charge < -0.3 is 14.4 Å². The third-order valence-corrected chi connectivity index (χ3v) is 5.66. The van der Waals surface area contributed by atoms with Gasteiger partial charge in [-0.2, -0.15) is 13.2 Å². The summed E-state index contributed by atoms with van der Waals surface area (Å²) >= 11 is 6.06. The van der Waals surface area contributed by atoms with Crippen molar-refractivity contribution >= 4 is 28.6 Å². The van der Waals surface area contributed by atoms with E-state index in [4.69, 9.17) is 16.3 Å². The second-order valence-electron chi connectivity index (χ2n) is 9.05. The zero-order valence-corrected chi connectivity index (χ0v) is 20.0. The van der Waals surface area contributed by atoms with E-state index in [1.165, 1.54) is 0 Å². The van der Waals surface area contributed by atoms with Gasteiger partial charge >= 0.3 is 12.1 Å². The minimum Gasteiger partial charge on any atom is -0.479 e. The number of fused-ring (bicyclic) bond motifs is 1. The number of aliphatic carboxylic acids is 1. The zero-order chi connectivity index (χ0) is 24.9. The van der Waals surface area contributed by atoms with E-state index < -0.39 is 30.4 Å². The Labute approximate surface area is 195 Å². The second-order valence-corrected chi connectivity index (χ2v) is 9.49. The number of hydrogen-bond acceptors (Lipinski definition) is 3. The fourth-order valence-electron chi connectivity index (χ4n) is 3.99. The van der Waals surface area contributed by atoms with Crippen molar-refractivity contribution in [2.75, 3.05) is 0 Å². The van der Waals surface area contributed by atoms with Crippen LogP contribution in [-0.2, 0) is 16.1 Å². The number of aromatic nitrogens is 2. The van der Waals surface area contributed by atoms with Gasteiger partial charge in [-0.3, -0.25) is 0 Å². The van der Waals surface area contributed by atoms with Crippen molar-refractivity contribution in [1.82, 2.24) is 9.55 Å². The summed E-state index contributed by atoms with van der Waals surface area (Å²) in [6.45, 7) is 8.92. The monoisotopic (exact) mass is 482 g/mol. The minimum absolute atomic E-state index is 0.147. The topological polar surface area (TPSA) is 64.4 Å². The average molecular weight is 483 g/mol. The lowest BCUT2D eigenvalue weighted by Gasteiger charge is -2.28. The van der Waals surface area contributed by atoms with E-state index in [-0.39, 0.29) is 11.3 Å². The molecule has 0 spiro atoms. The molecule has 1 atom stereocenters. The Balaban J connectivity index is 2.48. The molecule has 0 bridgehead atoms. The van der Waals surface area contributed by atoms with Gasteiger partial charge in [0.05, 0.1) is 5.60 Å². The molecule has 2 heterocycles. The molecule has 0 aliphatic carbocycles. The Morgan fingerprint density at radius 3 is 2.21 bits per heavy atom. The standard InChI is InChI=1S/C24H26ClF3N2O3/c1-12-14(3)30(11-24(26,27)28)21-17(12)19(15-7-9-16(25)10-8-15)18(13(2)29-21)20(22(31)32)33-23(4,5)6/h7-10,20H,11H2,1-6H3,(H,31,32). The zero-order valence-electron chi connectivity index (χ0n) is 19.3. The fraction of sp³-hybridized carbons (Fsp3) is 0.417. The first-order chi connectivity index (χ1) is 15.1. The predicted octanol–water partition coefficient (Wildman–Crippen LogP) is 6.79. The van der Waals surface area contributed by atoms with Crippen LogP contribution in [0.25, 0.3) is 22.2 Å².